The highest BCUT2D eigenvalue weighted by atomic mass is 16.5. The van der Waals surface area contributed by atoms with Gasteiger partial charge in [-0.15, -0.1) is 0 Å². The summed E-state index contributed by atoms with van der Waals surface area (Å²) >= 11 is 0. The lowest BCUT2D eigenvalue weighted by Gasteiger charge is -2.38. The van der Waals surface area contributed by atoms with Crippen LogP contribution < -0.4 is 4.74 Å². The number of carbonyl (C=O) groups is 1. The lowest BCUT2D eigenvalue weighted by Crippen LogP contribution is -2.30. The maximum atomic E-state index is 12.3. The van der Waals surface area contributed by atoms with E-state index in [4.69, 9.17) is 4.74 Å². The lowest BCUT2D eigenvalue weighted by molar-refractivity contribution is 0.0734. The average Bonchev–Trinajstić information content (AvgIpc) is 2.76. The van der Waals surface area contributed by atoms with Crippen LogP contribution in [0.5, 0.6) is 11.5 Å². The molecule has 1 aliphatic rings. The number of hydrogen-bond donors (Lipinski definition) is 1. The van der Waals surface area contributed by atoms with Crippen molar-refractivity contribution in [2.45, 2.75) is 37.5 Å². The first-order chi connectivity index (χ1) is 13.7. The van der Waals surface area contributed by atoms with Gasteiger partial charge in [0.05, 0.1) is 5.56 Å². The Hall–Kier alpha value is -3.07. The largest absolute Gasteiger partial charge is 0.508 e. The van der Waals surface area contributed by atoms with Crippen LogP contribution >= 0.6 is 0 Å². The molecule has 1 saturated carbocycles. The third-order valence-electron chi connectivity index (χ3n) is 5.75. The smallest absolute Gasteiger partial charge is 0.343 e. The summed E-state index contributed by atoms with van der Waals surface area (Å²) in [6.07, 6.45) is 5.80. The number of rotatable bonds is 4. The Balaban J connectivity index is 1.60. The molecule has 0 bridgehead atoms. The molecule has 0 spiro atoms. The number of phenols is 1. The zero-order chi connectivity index (χ0) is 19.4. The number of phenolic OH excluding ortho intramolecular Hbond substituents is 1. The SMILES string of the molecule is O=C(Oc1ccc(C2(c3ccc(O)cc3)CCCCC2)cc1)c1ccccc1. The molecule has 3 nitrogen and oxygen atoms in total. The van der Waals surface area contributed by atoms with E-state index in [1.807, 2.05) is 42.5 Å². The van der Waals surface area contributed by atoms with Crippen LogP contribution in [-0.4, -0.2) is 11.1 Å². The third-order valence-corrected chi connectivity index (χ3v) is 5.75. The first-order valence-electron chi connectivity index (χ1n) is 9.85. The van der Waals surface area contributed by atoms with Gasteiger partial charge in [-0.05, 0) is 60.4 Å². The molecule has 0 unspecified atom stereocenters. The van der Waals surface area contributed by atoms with E-state index in [1.54, 1.807) is 24.3 Å². The fourth-order valence-electron chi connectivity index (χ4n) is 4.26. The van der Waals surface area contributed by atoms with Gasteiger partial charge in [-0.3, -0.25) is 0 Å². The van der Waals surface area contributed by atoms with Crippen LogP contribution in [0.25, 0.3) is 0 Å². The topological polar surface area (TPSA) is 46.5 Å². The van der Waals surface area contributed by atoms with E-state index in [0.717, 1.165) is 12.8 Å². The zero-order valence-electron chi connectivity index (χ0n) is 15.8. The van der Waals surface area contributed by atoms with E-state index in [0.29, 0.717) is 11.3 Å². The highest BCUT2D eigenvalue weighted by molar-refractivity contribution is 5.90. The monoisotopic (exact) mass is 372 g/mol. The highest BCUT2D eigenvalue weighted by Gasteiger charge is 2.35. The van der Waals surface area contributed by atoms with Gasteiger partial charge in [-0.2, -0.15) is 0 Å². The number of ether oxygens (including phenoxy) is 1. The van der Waals surface area contributed by atoms with Crippen molar-refractivity contribution in [3.05, 3.63) is 95.6 Å². The van der Waals surface area contributed by atoms with Gasteiger partial charge >= 0.3 is 5.97 Å². The van der Waals surface area contributed by atoms with Crippen molar-refractivity contribution in [1.29, 1.82) is 0 Å². The minimum Gasteiger partial charge on any atom is -0.508 e. The summed E-state index contributed by atoms with van der Waals surface area (Å²) < 4.78 is 5.53. The third kappa shape index (κ3) is 3.65. The van der Waals surface area contributed by atoms with Crippen LogP contribution in [0.3, 0.4) is 0 Å². The number of benzene rings is 3. The van der Waals surface area contributed by atoms with Gasteiger partial charge in [0.15, 0.2) is 0 Å². The molecule has 0 heterocycles. The van der Waals surface area contributed by atoms with Gasteiger partial charge in [0.25, 0.3) is 0 Å². The summed E-state index contributed by atoms with van der Waals surface area (Å²) in [5.74, 6) is 0.492. The van der Waals surface area contributed by atoms with Crippen LogP contribution in [0.4, 0.5) is 0 Å². The van der Waals surface area contributed by atoms with E-state index in [2.05, 4.69) is 12.1 Å². The average molecular weight is 372 g/mol. The Morgan fingerprint density at radius 2 is 1.32 bits per heavy atom. The zero-order valence-corrected chi connectivity index (χ0v) is 15.8. The van der Waals surface area contributed by atoms with Crippen molar-refractivity contribution in [2.75, 3.05) is 0 Å². The minimum absolute atomic E-state index is 0.0477. The normalized spacial score (nSPS) is 15.7. The molecule has 142 valence electrons. The summed E-state index contributed by atoms with van der Waals surface area (Å²) in [4.78, 5) is 12.3. The molecule has 1 N–H and O–H groups in total. The van der Waals surface area contributed by atoms with Crippen LogP contribution in [0.2, 0.25) is 0 Å². The molecule has 1 aliphatic carbocycles. The predicted molar refractivity (Wildman–Crippen MR) is 110 cm³/mol. The number of aromatic hydroxyl groups is 1. The molecule has 4 rings (SSSR count). The van der Waals surface area contributed by atoms with E-state index in [-0.39, 0.29) is 17.1 Å². The minimum atomic E-state index is -0.348. The van der Waals surface area contributed by atoms with Crippen LogP contribution in [-0.2, 0) is 5.41 Å². The van der Waals surface area contributed by atoms with Crippen molar-refractivity contribution >= 4 is 5.97 Å². The van der Waals surface area contributed by atoms with Crippen molar-refractivity contribution < 1.29 is 14.6 Å². The van der Waals surface area contributed by atoms with Crippen LogP contribution in [0.1, 0.15) is 53.6 Å². The second-order valence-corrected chi connectivity index (χ2v) is 7.47. The molecule has 0 aromatic heterocycles. The van der Waals surface area contributed by atoms with Crippen LogP contribution in [0.15, 0.2) is 78.9 Å². The second-order valence-electron chi connectivity index (χ2n) is 7.47. The number of hydrogen-bond acceptors (Lipinski definition) is 3. The summed E-state index contributed by atoms with van der Waals surface area (Å²) in [7, 11) is 0. The van der Waals surface area contributed by atoms with Crippen molar-refractivity contribution in [1.82, 2.24) is 0 Å². The molecule has 3 heteroatoms. The molecule has 3 aromatic rings. The molecule has 0 amide bonds. The van der Waals surface area contributed by atoms with E-state index < -0.39 is 0 Å². The Bertz CT molecular complexity index is 922. The summed E-state index contributed by atoms with van der Waals surface area (Å²) in [5.41, 5.74) is 2.96. The molecular formula is C25H24O3. The van der Waals surface area contributed by atoms with Crippen LogP contribution in [0, 0.1) is 0 Å². The van der Waals surface area contributed by atoms with E-state index >= 15 is 0 Å². The fraction of sp³-hybridized carbons (Fsp3) is 0.240. The lowest BCUT2D eigenvalue weighted by atomic mass is 9.65. The molecule has 0 saturated heterocycles. The summed E-state index contributed by atoms with van der Waals surface area (Å²) in [6, 6.07) is 24.5. The fourth-order valence-corrected chi connectivity index (χ4v) is 4.26. The molecule has 0 aliphatic heterocycles. The first kappa shape index (κ1) is 18.3. The quantitative estimate of drug-likeness (QED) is 0.461. The maximum absolute atomic E-state index is 12.3. The van der Waals surface area contributed by atoms with E-state index in [1.165, 1.54) is 30.4 Å². The van der Waals surface area contributed by atoms with Crippen molar-refractivity contribution in [2.24, 2.45) is 0 Å². The molecular weight excluding hydrogens is 348 g/mol. The molecule has 28 heavy (non-hydrogen) atoms. The van der Waals surface area contributed by atoms with Crippen molar-refractivity contribution in [3.63, 3.8) is 0 Å². The molecule has 3 aromatic carbocycles. The molecule has 0 radical (unpaired) electrons. The second kappa shape index (κ2) is 7.89. The first-order valence-corrected chi connectivity index (χ1v) is 9.85. The van der Waals surface area contributed by atoms with Gasteiger partial charge in [-0.25, -0.2) is 4.79 Å². The van der Waals surface area contributed by atoms with Gasteiger partial charge in [-0.1, -0.05) is 61.7 Å². The Kier molecular flexibility index (Phi) is 5.16. The maximum Gasteiger partial charge on any atom is 0.343 e. The van der Waals surface area contributed by atoms with E-state index in [9.17, 15) is 9.90 Å². The number of esters is 1. The summed E-state index contributed by atoms with van der Waals surface area (Å²) in [5, 5.41) is 9.68. The predicted octanol–water partition coefficient (Wildman–Crippen LogP) is 5.86. The Labute approximate surface area is 165 Å². The standard InChI is InChI=1S/C25H24O3/c26-22-13-9-20(10-14-22)25(17-5-2-6-18-25)21-11-15-23(16-12-21)28-24(27)19-7-3-1-4-8-19/h1,3-4,7-16,26H,2,5-6,17-18H2. The van der Waals surface area contributed by atoms with Gasteiger partial charge in [0.2, 0.25) is 0 Å². The van der Waals surface area contributed by atoms with Crippen molar-refractivity contribution in [3.8, 4) is 11.5 Å². The Morgan fingerprint density at radius 3 is 1.93 bits per heavy atom. The summed E-state index contributed by atoms with van der Waals surface area (Å²) in [6.45, 7) is 0. The molecule has 0 atom stereocenters. The van der Waals surface area contributed by atoms with Gasteiger partial charge in [0.1, 0.15) is 11.5 Å². The van der Waals surface area contributed by atoms with Gasteiger partial charge < -0.3 is 9.84 Å². The Morgan fingerprint density at radius 1 is 0.750 bits per heavy atom. The number of carbonyl (C=O) groups excluding carboxylic acids is 1. The van der Waals surface area contributed by atoms with Gasteiger partial charge in [0, 0.05) is 5.41 Å². The molecule has 1 fully saturated rings. The highest BCUT2D eigenvalue weighted by Crippen LogP contribution is 2.45.